The van der Waals surface area contributed by atoms with Crippen LogP contribution in [0.25, 0.3) is 5.76 Å². The van der Waals surface area contributed by atoms with Gasteiger partial charge in [-0.3, -0.25) is 9.59 Å². The van der Waals surface area contributed by atoms with Crippen LogP contribution in [0.1, 0.15) is 48.4 Å². The third-order valence-corrected chi connectivity index (χ3v) is 6.56. The number of aliphatic hydroxyl groups is 1. The van der Waals surface area contributed by atoms with Gasteiger partial charge in [-0.1, -0.05) is 42.6 Å². The van der Waals surface area contributed by atoms with Crippen LogP contribution in [0, 0.1) is 6.92 Å². The highest BCUT2D eigenvalue weighted by atomic mass is 35.5. The number of amides is 1. The topological polar surface area (TPSA) is 76.1 Å². The molecule has 32 heavy (non-hydrogen) atoms. The van der Waals surface area contributed by atoms with Gasteiger partial charge in [0.2, 0.25) is 0 Å². The normalized spacial score (nSPS) is 20.8. The van der Waals surface area contributed by atoms with Crippen LogP contribution < -0.4 is 9.47 Å². The standard InChI is InChI=1S/C25H26ClNO5/c1-14-12-17(24(32-3)18(26)13-14)22(28)20-21(16-10-6-7-11-19(16)31-2)27(25(30)23(20)29)15-8-4-5-9-15/h6-7,10-13,15,21,28H,4-5,8-9H2,1-3H3/b22-20+. The number of hydrogen-bond donors (Lipinski definition) is 1. The Balaban J connectivity index is 1.99. The van der Waals surface area contributed by atoms with E-state index in [1.165, 1.54) is 7.11 Å². The monoisotopic (exact) mass is 455 g/mol. The maximum absolute atomic E-state index is 13.3. The first-order chi connectivity index (χ1) is 15.4. The number of hydrogen-bond acceptors (Lipinski definition) is 5. The zero-order chi connectivity index (χ0) is 23.0. The molecule has 1 unspecified atom stereocenters. The summed E-state index contributed by atoms with van der Waals surface area (Å²) in [6.07, 6.45) is 3.62. The first-order valence-corrected chi connectivity index (χ1v) is 11.0. The van der Waals surface area contributed by atoms with E-state index in [9.17, 15) is 14.7 Å². The maximum Gasteiger partial charge on any atom is 0.295 e. The molecule has 6 nitrogen and oxygen atoms in total. The van der Waals surface area contributed by atoms with Gasteiger partial charge in [0.1, 0.15) is 17.3 Å². The van der Waals surface area contributed by atoms with E-state index in [1.807, 2.05) is 25.1 Å². The summed E-state index contributed by atoms with van der Waals surface area (Å²) in [5, 5.41) is 11.7. The van der Waals surface area contributed by atoms with E-state index in [0.717, 1.165) is 31.2 Å². The first-order valence-electron chi connectivity index (χ1n) is 10.7. The minimum Gasteiger partial charge on any atom is -0.507 e. The molecule has 0 spiro atoms. The highest BCUT2D eigenvalue weighted by Gasteiger charge is 2.50. The molecule has 1 heterocycles. The number of para-hydroxylation sites is 1. The Kier molecular flexibility index (Phi) is 6.15. The Hall–Kier alpha value is -2.99. The van der Waals surface area contributed by atoms with Gasteiger partial charge in [-0.25, -0.2) is 0 Å². The van der Waals surface area contributed by atoms with Gasteiger partial charge < -0.3 is 19.5 Å². The van der Waals surface area contributed by atoms with Gasteiger partial charge >= 0.3 is 0 Å². The molecule has 7 heteroatoms. The van der Waals surface area contributed by atoms with Crippen LogP contribution in [0.2, 0.25) is 5.02 Å². The van der Waals surface area contributed by atoms with Crippen molar-refractivity contribution < 1.29 is 24.2 Å². The van der Waals surface area contributed by atoms with E-state index in [0.29, 0.717) is 16.3 Å². The van der Waals surface area contributed by atoms with E-state index in [-0.39, 0.29) is 28.7 Å². The third-order valence-electron chi connectivity index (χ3n) is 6.28. The van der Waals surface area contributed by atoms with Gasteiger partial charge in [0.15, 0.2) is 0 Å². The molecule has 0 radical (unpaired) electrons. The Labute approximate surface area is 192 Å². The predicted octanol–water partition coefficient (Wildman–Crippen LogP) is 5.03. The highest BCUT2D eigenvalue weighted by molar-refractivity contribution is 6.46. The van der Waals surface area contributed by atoms with E-state index in [1.54, 1.807) is 30.2 Å². The van der Waals surface area contributed by atoms with E-state index >= 15 is 0 Å². The molecule has 1 aliphatic heterocycles. The summed E-state index contributed by atoms with van der Waals surface area (Å²) in [7, 11) is 2.99. The second-order valence-corrected chi connectivity index (χ2v) is 8.62. The zero-order valence-electron chi connectivity index (χ0n) is 18.4. The fourth-order valence-corrected chi connectivity index (χ4v) is 5.22. The fraction of sp³-hybridized carbons (Fsp3) is 0.360. The summed E-state index contributed by atoms with van der Waals surface area (Å²) in [6.45, 7) is 1.83. The number of benzene rings is 2. The summed E-state index contributed by atoms with van der Waals surface area (Å²) >= 11 is 6.34. The number of rotatable bonds is 5. The number of aryl methyl sites for hydroxylation is 1. The number of carbonyl (C=O) groups excluding carboxylic acids is 2. The van der Waals surface area contributed by atoms with Gasteiger partial charge in [-0.2, -0.15) is 0 Å². The number of ketones is 1. The minimum absolute atomic E-state index is 0.0198. The molecule has 1 amide bonds. The van der Waals surface area contributed by atoms with E-state index in [4.69, 9.17) is 21.1 Å². The zero-order valence-corrected chi connectivity index (χ0v) is 19.1. The van der Waals surface area contributed by atoms with Gasteiger partial charge in [-0.05, 0) is 43.5 Å². The lowest BCUT2D eigenvalue weighted by Gasteiger charge is -2.31. The molecular formula is C25H26ClNO5. The lowest BCUT2D eigenvalue weighted by atomic mass is 9.93. The molecule has 1 atom stereocenters. The number of halogens is 1. The Morgan fingerprint density at radius 3 is 2.44 bits per heavy atom. The molecule has 2 aromatic rings. The van der Waals surface area contributed by atoms with Crippen LogP contribution in [0.4, 0.5) is 0 Å². The van der Waals surface area contributed by atoms with Gasteiger partial charge in [0.05, 0.1) is 36.4 Å². The van der Waals surface area contributed by atoms with Crippen LogP contribution in [0.3, 0.4) is 0 Å². The van der Waals surface area contributed by atoms with Crippen LogP contribution in [-0.4, -0.2) is 42.0 Å². The molecule has 2 aliphatic rings. The SMILES string of the molecule is COc1ccccc1C1/C(=C(\O)c2cc(C)cc(Cl)c2OC)C(=O)C(=O)N1C1CCCC1. The summed E-state index contributed by atoms with van der Waals surface area (Å²) in [4.78, 5) is 28.2. The first kappa shape index (κ1) is 22.2. The molecule has 2 aromatic carbocycles. The average Bonchev–Trinajstić information content (AvgIpc) is 3.39. The molecule has 4 rings (SSSR count). The molecule has 0 bridgehead atoms. The van der Waals surface area contributed by atoms with Crippen molar-refractivity contribution in [3.8, 4) is 11.5 Å². The quantitative estimate of drug-likeness (QED) is 0.388. The summed E-state index contributed by atoms with van der Waals surface area (Å²) in [5.74, 6) is -0.831. The van der Waals surface area contributed by atoms with Crippen molar-refractivity contribution >= 4 is 29.1 Å². The van der Waals surface area contributed by atoms with Crippen molar-refractivity contribution in [1.29, 1.82) is 0 Å². The molecule has 1 aliphatic carbocycles. The predicted molar refractivity (Wildman–Crippen MR) is 122 cm³/mol. The molecule has 0 aromatic heterocycles. The van der Waals surface area contributed by atoms with Crippen molar-refractivity contribution in [1.82, 2.24) is 4.90 Å². The number of methoxy groups -OCH3 is 2. The lowest BCUT2D eigenvalue weighted by molar-refractivity contribution is -0.141. The van der Waals surface area contributed by atoms with Crippen LogP contribution in [0.5, 0.6) is 11.5 Å². The average molecular weight is 456 g/mol. The van der Waals surface area contributed by atoms with Gasteiger partial charge in [0.25, 0.3) is 11.7 Å². The van der Waals surface area contributed by atoms with Crippen molar-refractivity contribution in [2.45, 2.75) is 44.7 Å². The number of carbonyl (C=O) groups is 2. The summed E-state index contributed by atoms with van der Waals surface area (Å²) in [5.41, 5.74) is 1.74. The van der Waals surface area contributed by atoms with Crippen LogP contribution in [0.15, 0.2) is 42.0 Å². The number of likely N-dealkylation sites (tertiary alicyclic amines) is 1. The number of aliphatic hydroxyl groups excluding tert-OH is 1. The number of nitrogens with zero attached hydrogens (tertiary/aromatic N) is 1. The maximum atomic E-state index is 13.3. The van der Waals surface area contributed by atoms with Gasteiger partial charge in [0, 0.05) is 11.6 Å². The Morgan fingerprint density at radius 2 is 1.78 bits per heavy atom. The lowest BCUT2D eigenvalue weighted by Crippen LogP contribution is -2.37. The van der Waals surface area contributed by atoms with Crippen molar-refractivity contribution in [2.75, 3.05) is 14.2 Å². The summed E-state index contributed by atoms with van der Waals surface area (Å²) in [6, 6.07) is 9.84. The minimum atomic E-state index is -0.766. The van der Waals surface area contributed by atoms with Crippen LogP contribution >= 0.6 is 11.6 Å². The van der Waals surface area contributed by atoms with E-state index in [2.05, 4.69) is 0 Å². The second-order valence-electron chi connectivity index (χ2n) is 8.21. The number of ether oxygens (including phenoxy) is 2. The van der Waals surface area contributed by atoms with Gasteiger partial charge in [-0.15, -0.1) is 0 Å². The van der Waals surface area contributed by atoms with Crippen LogP contribution in [-0.2, 0) is 9.59 Å². The molecule has 1 saturated heterocycles. The van der Waals surface area contributed by atoms with Crippen molar-refractivity contribution in [3.63, 3.8) is 0 Å². The molecule has 1 N–H and O–H groups in total. The highest BCUT2D eigenvalue weighted by Crippen LogP contribution is 2.47. The molecule has 2 fully saturated rings. The van der Waals surface area contributed by atoms with E-state index < -0.39 is 17.7 Å². The molecule has 1 saturated carbocycles. The molecular weight excluding hydrogens is 430 g/mol. The van der Waals surface area contributed by atoms with Crippen molar-refractivity contribution in [2.24, 2.45) is 0 Å². The Morgan fingerprint density at radius 1 is 1.09 bits per heavy atom. The number of Topliss-reactive ketones (excluding diaryl/α,β-unsaturated/α-hetero) is 1. The Bertz CT molecular complexity index is 1100. The largest absolute Gasteiger partial charge is 0.507 e. The second kappa shape index (κ2) is 8.87. The fourth-order valence-electron chi connectivity index (χ4n) is 4.86. The molecule has 168 valence electrons. The third kappa shape index (κ3) is 3.62. The smallest absolute Gasteiger partial charge is 0.295 e. The van der Waals surface area contributed by atoms with Crippen molar-refractivity contribution in [3.05, 3.63) is 63.7 Å². The summed E-state index contributed by atoms with van der Waals surface area (Å²) < 4.78 is 11.0.